The molecule has 0 unspecified atom stereocenters. The molecule has 1 aliphatic heterocycles. The number of amides is 2. The summed E-state index contributed by atoms with van der Waals surface area (Å²) in [4.78, 5) is 26.3. The molecule has 4 rings (SSSR count). The lowest BCUT2D eigenvalue weighted by atomic mass is 10.1. The second-order valence-corrected chi connectivity index (χ2v) is 8.52. The predicted octanol–water partition coefficient (Wildman–Crippen LogP) is 6.34. The van der Waals surface area contributed by atoms with Crippen LogP contribution in [-0.4, -0.2) is 22.7 Å². The maximum absolute atomic E-state index is 14.1. The van der Waals surface area contributed by atoms with Crippen molar-refractivity contribution in [3.05, 3.63) is 105 Å². The predicted molar refractivity (Wildman–Crippen MR) is 125 cm³/mol. The first-order valence-corrected chi connectivity index (χ1v) is 11.2. The molecule has 4 nitrogen and oxygen atoms in total. The Morgan fingerprint density at radius 2 is 1.72 bits per heavy atom. The largest absolute Gasteiger partial charge is 0.493 e. The molecule has 0 aliphatic carbocycles. The molecule has 2 amide bonds. The van der Waals surface area contributed by atoms with Gasteiger partial charge >= 0.3 is 0 Å². The molecule has 0 aromatic heterocycles. The van der Waals surface area contributed by atoms with Crippen LogP contribution < -0.4 is 4.74 Å². The quantitative estimate of drug-likeness (QED) is 0.380. The molecular formula is C25H19ClFNO3S. The number of halogens is 2. The summed E-state index contributed by atoms with van der Waals surface area (Å²) in [7, 11) is 0. The molecule has 162 valence electrons. The van der Waals surface area contributed by atoms with Crippen molar-refractivity contribution in [3.8, 4) is 5.75 Å². The maximum atomic E-state index is 14.1. The Labute approximate surface area is 194 Å². The van der Waals surface area contributed by atoms with Gasteiger partial charge in [0.2, 0.25) is 0 Å². The van der Waals surface area contributed by atoms with Gasteiger partial charge in [-0.05, 0) is 53.2 Å². The van der Waals surface area contributed by atoms with Crippen molar-refractivity contribution in [1.82, 2.24) is 4.90 Å². The molecule has 0 N–H and O–H groups in total. The number of hydrogen-bond donors (Lipinski definition) is 0. The van der Waals surface area contributed by atoms with E-state index < -0.39 is 17.0 Å². The average Bonchev–Trinajstić information content (AvgIpc) is 3.05. The first kappa shape index (κ1) is 22.1. The van der Waals surface area contributed by atoms with E-state index in [0.29, 0.717) is 6.61 Å². The third kappa shape index (κ3) is 5.21. The van der Waals surface area contributed by atoms with Crippen LogP contribution in [0.5, 0.6) is 5.75 Å². The van der Waals surface area contributed by atoms with E-state index in [2.05, 4.69) is 12.1 Å². The topological polar surface area (TPSA) is 46.6 Å². The fourth-order valence-corrected chi connectivity index (χ4v) is 4.28. The van der Waals surface area contributed by atoms with Crippen LogP contribution in [0.3, 0.4) is 0 Å². The fourth-order valence-electron chi connectivity index (χ4n) is 3.22. The molecular weight excluding hydrogens is 449 g/mol. The zero-order chi connectivity index (χ0) is 22.5. The second-order valence-electron chi connectivity index (χ2n) is 7.12. The number of thioether (sulfide) groups is 1. The van der Waals surface area contributed by atoms with Gasteiger partial charge in [-0.15, -0.1) is 0 Å². The molecule has 1 heterocycles. The maximum Gasteiger partial charge on any atom is 0.293 e. The van der Waals surface area contributed by atoms with Crippen LogP contribution in [0.25, 0.3) is 6.08 Å². The minimum atomic E-state index is -0.552. The molecule has 1 aliphatic rings. The number of ether oxygens (including phenoxy) is 1. The van der Waals surface area contributed by atoms with E-state index in [-0.39, 0.29) is 22.0 Å². The Hall–Kier alpha value is -3.09. The third-order valence-corrected chi connectivity index (χ3v) is 6.19. The number of carbonyl (C=O) groups is 2. The summed E-state index contributed by atoms with van der Waals surface area (Å²) in [6.07, 6.45) is 2.45. The Morgan fingerprint density at radius 1 is 0.969 bits per heavy atom. The van der Waals surface area contributed by atoms with E-state index in [1.807, 2.05) is 42.5 Å². The summed E-state index contributed by atoms with van der Waals surface area (Å²) in [5.41, 5.74) is 2.08. The van der Waals surface area contributed by atoms with Gasteiger partial charge in [-0.25, -0.2) is 4.39 Å². The normalized spacial score (nSPS) is 14.9. The van der Waals surface area contributed by atoms with Gasteiger partial charge < -0.3 is 4.74 Å². The smallest absolute Gasteiger partial charge is 0.293 e. The SMILES string of the molecule is O=C1SC(=Cc2ccc(OCCc3ccccc3)cc2)C(=O)N1Cc1c(F)cccc1Cl. The highest BCUT2D eigenvalue weighted by Gasteiger charge is 2.35. The van der Waals surface area contributed by atoms with E-state index >= 15 is 0 Å². The summed E-state index contributed by atoms with van der Waals surface area (Å²) >= 11 is 6.86. The molecule has 0 radical (unpaired) electrons. The average molecular weight is 468 g/mol. The standard InChI is InChI=1S/C25H19ClFNO3S/c26-21-7-4-8-22(27)20(21)16-28-24(29)23(32-25(28)30)15-18-9-11-19(12-10-18)31-14-13-17-5-2-1-3-6-17/h1-12,15H,13-14,16H2. The highest BCUT2D eigenvalue weighted by atomic mass is 35.5. The summed E-state index contributed by atoms with van der Waals surface area (Å²) in [5, 5.41) is -0.280. The molecule has 0 bridgehead atoms. The van der Waals surface area contributed by atoms with Gasteiger partial charge in [0.1, 0.15) is 11.6 Å². The van der Waals surface area contributed by atoms with Gasteiger partial charge in [0.05, 0.1) is 18.1 Å². The van der Waals surface area contributed by atoms with Crippen LogP contribution in [-0.2, 0) is 17.8 Å². The van der Waals surface area contributed by atoms with E-state index in [1.165, 1.54) is 23.8 Å². The number of nitrogens with zero attached hydrogens (tertiary/aromatic N) is 1. The van der Waals surface area contributed by atoms with Gasteiger partial charge in [-0.2, -0.15) is 0 Å². The highest BCUT2D eigenvalue weighted by Crippen LogP contribution is 2.34. The van der Waals surface area contributed by atoms with Crippen molar-refractivity contribution in [2.24, 2.45) is 0 Å². The zero-order valence-electron chi connectivity index (χ0n) is 17.0. The first-order chi connectivity index (χ1) is 15.5. The van der Waals surface area contributed by atoms with Crippen molar-refractivity contribution in [3.63, 3.8) is 0 Å². The van der Waals surface area contributed by atoms with Crippen LogP contribution in [0.4, 0.5) is 9.18 Å². The van der Waals surface area contributed by atoms with Gasteiger partial charge in [0, 0.05) is 17.0 Å². The van der Waals surface area contributed by atoms with Gasteiger partial charge in [-0.3, -0.25) is 14.5 Å². The number of benzene rings is 3. The van der Waals surface area contributed by atoms with Crippen LogP contribution in [0, 0.1) is 5.82 Å². The summed E-state index contributed by atoms with van der Waals surface area (Å²) < 4.78 is 19.8. The van der Waals surface area contributed by atoms with Crippen molar-refractivity contribution >= 4 is 40.6 Å². The molecule has 7 heteroatoms. The number of rotatable bonds is 7. The Bertz CT molecular complexity index is 1150. The van der Waals surface area contributed by atoms with Crippen molar-refractivity contribution in [2.75, 3.05) is 6.61 Å². The van der Waals surface area contributed by atoms with Crippen LogP contribution in [0.2, 0.25) is 5.02 Å². The van der Waals surface area contributed by atoms with Crippen molar-refractivity contribution in [1.29, 1.82) is 0 Å². The minimum Gasteiger partial charge on any atom is -0.493 e. The molecule has 0 spiro atoms. The Morgan fingerprint density at radius 3 is 2.44 bits per heavy atom. The molecule has 0 saturated carbocycles. The van der Waals surface area contributed by atoms with Gasteiger partial charge in [0.15, 0.2) is 0 Å². The van der Waals surface area contributed by atoms with E-state index in [0.717, 1.165) is 34.4 Å². The lowest BCUT2D eigenvalue weighted by molar-refractivity contribution is -0.123. The van der Waals surface area contributed by atoms with E-state index in [4.69, 9.17) is 16.3 Å². The summed E-state index contributed by atoms with van der Waals surface area (Å²) in [6, 6.07) is 21.6. The number of carbonyl (C=O) groups excluding carboxylic acids is 2. The summed E-state index contributed by atoms with van der Waals surface area (Å²) in [5.74, 6) is -0.300. The second kappa shape index (κ2) is 10.0. The molecule has 1 fully saturated rings. The van der Waals surface area contributed by atoms with Crippen LogP contribution in [0.1, 0.15) is 16.7 Å². The Balaban J connectivity index is 1.39. The summed E-state index contributed by atoms with van der Waals surface area (Å²) in [6.45, 7) is 0.350. The zero-order valence-corrected chi connectivity index (χ0v) is 18.5. The van der Waals surface area contributed by atoms with E-state index in [9.17, 15) is 14.0 Å². The molecule has 3 aromatic rings. The molecule has 32 heavy (non-hydrogen) atoms. The van der Waals surface area contributed by atoms with Crippen LogP contribution in [0.15, 0.2) is 77.7 Å². The minimum absolute atomic E-state index is 0.120. The lowest BCUT2D eigenvalue weighted by Gasteiger charge is -2.14. The fraction of sp³-hybridized carbons (Fsp3) is 0.120. The number of hydrogen-bond acceptors (Lipinski definition) is 4. The van der Waals surface area contributed by atoms with Crippen LogP contribution >= 0.6 is 23.4 Å². The number of imide groups is 1. The lowest BCUT2D eigenvalue weighted by Crippen LogP contribution is -2.28. The molecule has 1 saturated heterocycles. The Kier molecular flexibility index (Phi) is 6.93. The van der Waals surface area contributed by atoms with Crippen molar-refractivity contribution < 1.29 is 18.7 Å². The molecule has 0 atom stereocenters. The monoisotopic (exact) mass is 467 g/mol. The highest BCUT2D eigenvalue weighted by molar-refractivity contribution is 8.18. The van der Waals surface area contributed by atoms with E-state index in [1.54, 1.807) is 6.08 Å². The van der Waals surface area contributed by atoms with Crippen molar-refractivity contribution in [2.45, 2.75) is 13.0 Å². The third-order valence-electron chi connectivity index (χ3n) is 4.93. The van der Waals surface area contributed by atoms with Gasteiger partial charge in [-0.1, -0.05) is 60.1 Å². The van der Waals surface area contributed by atoms with Gasteiger partial charge in [0.25, 0.3) is 11.1 Å². The first-order valence-electron chi connectivity index (χ1n) is 9.96. The molecule has 3 aromatic carbocycles.